The van der Waals surface area contributed by atoms with Crippen LogP contribution in [0.3, 0.4) is 0 Å². The fraction of sp³-hybridized carbons (Fsp3) is 0.188. The van der Waals surface area contributed by atoms with Crippen LogP contribution in [-0.2, 0) is 4.79 Å². The first-order chi connectivity index (χ1) is 10.1. The zero-order valence-corrected chi connectivity index (χ0v) is 13.0. The van der Waals surface area contributed by atoms with E-state index < -0.39 is 0 Å². The molecule has 0 aliphatic carbocycles. The Morgan fingerprint density at radius 2 is 1.90 bits per heavy atom. The highest BCUT2D eigenvalue weighted by Crippen LogP contribution is 2.23. The van der Waals surface area contributed by atoms with Crippen LogP contribution in [0.5, 0.6) is 0 Å². The molecule has 1 amide bonds. The summed E-state index contributed by atoms with van der Waals surface area (Å²) in [6, 6.07) is 13.6. The van der Waals surface area contributed by atoms with Crippen molar-refractivity contribution in [1.29, 1.82) is 0 Å². The second-order valence-corrected chi connectivity index (χ2v) is 5.95. The lowest BCUT2D eigenvalue weighted by Crippen LogP contribution is -2.28. The molecule has 0 unspecified atom stereocenters. The van der Waals surface area contributed by atoms with Crippen molar-refractivity contribution in [1.82, 2.24) is 5.32 Å². The zero-order chi connectivity index (χ0) is 15.2. The summed E-state index contributed by atoms with van der Waals surface area (Å²) in [6.07, 6.45) is 0. The van der Waals surface area contributed by atoms with Crippen LogP contribution < -0.4 is 5.32 Å². The van der Waals surface area contributed by atoms with E-state index in [4.69, 9.17) is 11.6 Å². The quantitative estimate of drug-likeness (QED) is 0.824. The van der Waals surface area contributed by atoms with Gasteiger partial charge in [0, 0.05) is 9.92 Å². The molecule has 1 atom stereocenters. The highest BCUT2D eigenvalue weighted by molar-refractivity contribution is 8.00. The second-order valence-electron chi connectivity index (χ2n) is 4.53. The Morgan fingerprint density at radius 3 is 2.62 bits per heavy atom. The summed E-state index contributed by atoms with van der Waals surface area (Å²) in [5.74, 6) is -0.305. The van der Waals surface area contributed by atoms with Crippen molar-refractivity contribution >= 4 is 29.3 Å². The third-order valence-electron chi connectivity index (χ3n) is 2.94. The van der Waals surface area contributed by atoms with Crippen LogP contribution in [0.2, 0.25) is 5.02 Å². The Bertz CT molecular complexity index is 635. The van der Waals surface area contributed by atoms with Crippen molar-refractivity contribution in [3.05, 3.63) is 64.9 Å². The van der Waals surface area contributed by atoms with Gasteiger partial charge in [0.1, 0.15) is 5.82 Å². The largest absolute Gasteiger partial charge is 0.349 e. The van der Waals surface area contributed by atoms with E-state index in [0.717, 1.165) is 5.56 Å². The van der Waals surface area contributed by atoms with Crippen LogP contribution in [-0.4, -0.2) is 11.7 Å². The molecule has 2 rings (SSSR count). The maximum absolute atomic E-state index is 13.5. The molecule has 0 spiro atoms. The predicted octanol–water partition coefficient (Wildman–Crippen LogP) is 4.45. The minimum atomic E-state index is -0.311. The standard InChI is InChI=1S/C16H15ClFNOS/c1-11(12-6-2-3-7-13(12)17)19-16(20)10-21-15-9-5-4-8-14(15)18/h2-9,11H,10H2,1H3,(H,19,20)/t11-/m1/s1. The zero-order valence-electron chi connectivity index (χ0n) is 11.5. The molecule has 0 saturated carbocycles. The minimum absolute atomic E-state index is 0.157. The van der Waals surface area contributed by atoms with Gasteiger partial charge in [0.05, 0.1) is 11.8 Å². The maximum atomic E-state index is 13.5. The predicted molar refractivity (Wildman–Crippen MR) is 85.1 cm³/mol. The number of nitrogens with one attached hydrogen (secondary N) is 1. The summed E-state index contributed by atoms with van der Waals surface area (Å²) in [4.78, 5) is 12.4. The SMILES string of the molecule is C[C@@H](NC(=O)CSc1ccccc1F)c1ccccc1Cl. The summed E-state index contributed by atoms with van der Waals surface area (Å²) in [5.41, 5.74) is 0.864. The highest BCUT2D eigenvalue weighted by atomic mass is 35.5. The number of amides is 1. The van der Waals surface area contributed by atoms with Gasteiger partial charge < -0.3 is 5.32 Å². The molecule has 0 aliphatic heterocycles. The minimum Gasteiger partial charge on any atom is -0.349 e. The van der Waals surface area contributed by atoms with Gasteiger partial charge in [-0.15, -0.1) is 11.8 Å². The topological polar surface area (TPSA) is 29.1 Å². The first kappa shape index (κ1) is 15.9. The lowest BCUT2D eigenvalue weighted by atomic mass is 10.1. The molecule has 0 fully saturated rings. The van der Waals surface area contributed by atoms with Gasteiger partial charge in [-0.05, 0) is 30.7 Å². The smallest absolute Gasteiger partial charge is 0.230 e. The monoisotopic (exact) mass is 323 g/mol. The average Bonchev–Trinajstić information content (AvgIpc) is 2.46. The molecule has 5 heteroatoms. The fourth-order valence-corrected chi connectivity index (χ4v) is 2.94. The lowest BCUT2D eigenvalue weighted by Gasteiger charge is -2.15. The number of hydrogen-bond donors (Lipinski definition) is 1. The van der Waals surface area contributed by atoms with Crippen LogP contribution in [0.1, 0.15) is 18.5 Å². The van der Waals surface area contributed by atoms with Gasteiger partial charge in [0.15, 0.2) is 0 Å². The summed E-state index contributed by atoms with van der Waals surface area (Å²) in [5, 5.41) is 3.48. The Morgan fingerprint density at radius 1 is 1.24 bits per heavy atom. The van der Waals surface area contributed by atoms with Gasteiger partial charge >= 0.3 is 0 Å². The number of carbonyl (C=O) groups excluding carboxylic acids is 1. The molecule has 2 nitrogen and oxygen atoms in total. The van der Waals surface area contributed by atoms with Gasteiger partial charge in [-0.25, -0.2) is 4.39 Å². The summed E-state index contributed by atoms with van der Waals surface area (Å²) < 4.78 is 13.5. The van der Waals surface area contributed by atoms with Crippen LogP contribution in [0.25, 0.3) is 0 Å². The van der Waals surface area contributed by atoms with Crippen LogP contribution >= 0.6 is 23.4 Å². The molecule has 21 heavy (non-hydrogen) atoms. The van der Waals surface area contributed by atoms with Crippen molar-refractivity contribution in [3.63, 3.8) is 0 Å². The summed E-state index contributed by atoms with van der Waals surface area (Å²) >= 11 is 7.27. The number of carbonyl (C=O) groups is 1. The molecule has 0 bridgehead atoms. The van der Waals surface area contributed by atoms with Gasteiger partial charge in [-0.3, -0.25) is 4.79 Å². The third-order valence-corrected chi connectivity index (χ3v) is 4.34. The van der Waals surface area contributed by atoms with E-state index in [1.165, 1.54) is 17.8 Å². The van der Waals surface area contributed by atoms with Crippen molar-refractivity contribution in [2.24, 2.45) is 0 Å². The molecule has 2 aromatic rings. The Kier molecular flexibility index (Phi) is 5.65. The summed E-state index contributed by atoms with van der Waals surface area (Å²) in [6.45, 7) is 1.87. The fourth-order valence-electron chi connectivity index (χ4n) is 1.89. The van der Waals surface area contributed by atoms with E-state index in [1.54, 1.807) is 24.3 Å². The molecule has 110 valence electrons. The lowest BCUT2D eigenvalue weighted by molar-refractivity contribution is -0.119. The van der Waals surface area contributed by atoms with E-state index >= 15 is 0 Å². The molecule has 0 aliphatic rings. The molecule has 0 radical (unpaired) electrons. The van der Waals surface area contributed by atoms with E-state index in [2.05, 4.69) is 5.32 Å². The van der Waals surface area contributed by atoms with Gasteiger partial charge in [-0.2, -0.15) is 0 Å². The average molecular weight is 324 g/mol. The van der Waals surface area contributed by atoms with Crippen LogP contribution in [0, 0.1) is 5.82 Å². The van der Waals surface area contributed by atoms with Crippen LogP contribution in [0.4, 0.5) is 4.39 Å². The Balaban J connectivity index is 1.90. The van der Waals surface area contributed by atoms with Gasteiger partial charge in [0.2, 0.25) is 5.91 Å². The van der Waals surface area contributed by atoms with Crippen molar-refractivity contribution < 1.29 is 9.18 Å². The number of rotatable bonds is 5. The number of hydrogen-bond acceptors (Lipinski definition) is 2. The number of benzene rings is 2. The molecular formula is C16H15ClFNOS. The van der Waals surface area contributed by atoms with E-state index in [1.807, 2.05) is 25.1 Å². The van der Waals surface area contributed by atoms with Crippen molar-refractivity contribution in [3.8, 4) is 0 Å². The first-order valence-electron chi connectivity index (χ1n) is 6.49. The molecule has 0 heterocycles. The molecular weight excluding hydrogens is 309 g/mol. The number of thioether (sulfide) groups is 1. The van der Waals surface area contributed by atoms with E-state index in [-0.39, 0.29) is 23.5 Å². The van der Waals surface area contributed by atoms with Gasteiger partial charge in [0.25, 0.3) is 0 Å². The first-order valence-corrected chi connectivity index (χ1v) is 7.85. The Labute approximate surface area is 132 Å². The van der Waals surface area contributed by atoms with Gasteiger partial charge in [-0.1, -0.05) is 41.9 Å². The maximum Gasteiger partial charge on any atom is 0.230 e. The van der Waals surface area contributed by atoms with Crippen LogP contribution in [0.15, 0.2) is 53.4 Å². The number of halogens is 2. The normalized spacial score (nSPS) is 12.0. The van der Waals surface area contributed by atoms with E-state index in [9.17, 15) is 9.18 Å². The summed E-state index contributed by atoms with van der Waals surface area (Å²) in [7, 11) is 0. The van der Waals surface area contributed by atoms with Crippen molar-refractivity contribution in [2.45, 2.75) is 17.9 Å². The Hall–Kier alpha value is -1.52. The molecule has 2 aromatic carbocycles. The third kappa shape index (κ3) is 4.48. The molecule has 1 N–H and O–H groups in total. The second kappa shape index (κ2) is 7.48. The highest BCUT2D eigenvalue weighted by Gasteiger charge is 2.13. The molecule has 0 aromatic heterocycles. The van der Waals surface area contributed by atoms with E-state index in [0.29, 0.717) is 9.92 Å². The van der Waals surface area contributed by atoms with Crippen molar-refractivity contribution in [2.75, 3.05) is 5.75 Å². The molecule has 0 saturated heterocycles.